The van der Waals surface area contributed by atoms with Gasteiger partial charge in [-0.3, -0.25) is 4.90 Å². The van der Waals surface area contributed by atoms with Gasteiger partial charge in [0.25, 0.3) is 0 Å². The van der Waals surface area contributed by atoms with Gasteiger partial charge in [0.15, 0.2) is 5.60 Å². The summed E-state index contributed by atoms with van der Waals surface area (Å²) >= 11 is 5.02. The summed E-state index contributed by atoms with van der Waals surface area (Å²) in [6, 6.07) is 2.02. The fourth-order valence-corrected chi connectivity index (χ4v) is 3.10. The summed E-state index contributed by atoms with van der Waals surface area (Å²) in [5.74, 6) is -0.614. The van der Waals surface area contributed by atoms with Gasteiger partial charge in [-0.2, -0.15) is 0 Å². The number of nitrogens with zero attached hydrogens (tertiary/aromatic N) is 1. The molecule has 0 aliphatic carbocycles. The molecule has 0 saturated heterocycles. The van der Waals surface area contributed by atoms with Crippen molar-refractivity contribution in [3.05, 3.63) is 20.8 Å². The van der Waals surface area contributed by atoms with E-state index < -0.39 is 11.6 Å². The zero-order valence-corrected chi connectivity index (χ0v) is 12.5. The number of thiophene rings is 1. The third kappa shape index (κ3) is 4.39. The molecule has 1 aromatic heterocycles. The van der Waals surface area contributed by atoms with Crippen LogP contribution in [0.4, 0.5) is 0 Å². The molecule has 17 heavy (non-hydrogen) atoms. The molecule has 96 valence electrons. The molecule has 1 rings (SSSR count). The number of hydrogen-bond acceptors (Lipinski definition) is 5. The van der Waals surface area contributed by atoms with E-state index in [0.717, 1.165) is 4.47 Å². The van der Waals surface area contributed by atoms with E-state index in [2.05, 4.69) is 20.7 Å². The van der Waals surface area contributed by atoms with Gasteiger partial charge in [0.1, 0.15) is 0 Å². The molecule has 0 bridgehead atoms. The topological polar surface area (TPSA) is 49.8 Å². The summed E-state index contributed by atoms with van der Waals surface area (Å²) in [6.45, 7) is 2.37. The van der Waals surface area contributed by atoms with Crippen molar-refractivity contribution in [2.24, 2.45) is 0 Å². The van der Waals surface area contributed by atoms with Gasteiger partial charge in [0, 0.05) is 27.8 Å². The van der Waals surface area contributed by atoms with Gasteiger partial charge in [-0.05, 0) is 36.0 Å². The van der Waals surface area contributed by atoms with Crippen LogP contribution in [-0.4, -0.2) is 42.3 Å². The van der Waals surface area contributed by atoms with E-state index in [1.165, 1.54) is 18.9 Å². The number of ether oxygens (including phenoxy) is 1. The summed E-state index contributed by atoms with van der Waals surface area (Å²) in [6.07, 6.45) is 0. The Balaban J connectivity index is 2.54. The average molecular weight is 322 g/mol. The molecular weight excluding hydrogens is 306 g/mol. The SMILES string of the molecule is COC(=O)C(C)(O)CN(C)Cc1cc(Br)cs1. The molecule has 0 aromatic carbocycles. The highest BCUT2D eigenvalue weighted by Gasteiger charge is 2.32. The molecule has 0 amide bonds. The Kier molecular flexibility index (Phi) is 5.12. The Hall–Kier alpha value is -0.430. The Labute approximate surface area is 113 Å². The van der Waals surface area contributed by atoms with Crippen molar-refractivity contribution >= 4 is 33.2 Å². The first kappa shape index (κ1) is 14.6. The van der Waals surface area contributed by atoms with Gasteiger partial charge in [0.05, 0.1) is 7.11 Å². The third-order valence-corrected chi connectivity index (χ3v) is 3.93. The van der Waals surface area contributed by atoms with Crippen LogP contribution in [0.3, 0.4) is 0 Å². The highest BCUT2D eigenvalue weighted by Crippen LogP contribution is 2.21. The molecular formula is C11H16BrNO3S. The van der Waals surface area contributed by atoms with E-state index in [1.807, 2.05) is 23.4 Å². The van der Waals surface area contributed by atoms with Gasteiger partial charge in [-0.1, -0.05) is 0 Å². The molecule has 1 N–H and O–H groups in total. The zero-order chi connectivity index (χ0) is 13.1. The van der Waals surface area contributed by atoms with Gasteiger partial charge >= 0.3 is 5.97 Å². The third-order valence-electron chi connectivity index (χ3n) is 2.25. The first-order valence-electron chi connectivity index (χ1n) is 5.07. The highest BCUT2D eigenvalue weighted by molar-refractivity contribution is 9.10. The van der Waals surface area contributed by atoms with Gasteiger partial charge in [-0.15, -0.1) is 11.3 Å². The van der Waals surface area contributed by atoms with Crippen molar-refractivity contribution in [3.63, 3.8) is 0 Å². The maximum absolute atomic E-state index is 11.3. The predicted molar refractivity (Wildman–Crippen MR) is 71.0 cm³/mol. The second-order valence-corrected chi connectivity index (χ2v) is 6.08. The van der Waals surface area contributed by atoms with E-state index in [1.54, 1.807) is 11.3 Å². The molecule has 0 aliphatic heterocycles. The van der Waals surface area contributed by atoms with Crippen LogP contribution < -0.4 is 0 Å². The van der Waals surface area contributed by atoms with Gasteiger partial charge in [0.2, 0.25) is 0 Å². The summed E-state index contributed by atoms with van der Waals surface area (Å²) < 4.78 is 5.60. The number of halogens is 1. The first-order valence-corrected chi connectivity index (χ1v) is 6.74. The molecule has 0 spiro atoms. The van der Waals surface area contributed by atoms with Gasteiger partial charge in [-0.25, -0.2) is 4.79 Å². The van der Waals surface area contributed by atoms with Crippen LogP contribution in [0.1, 0.15) is 11.8 Å². The van der Waals surface area contributed by atoms with Crippen molar-refractivity contribution in [1.82, 2.24) is 4.90 Å². The Morgan fingerprint density at radius 3 is 2.82 bits per heavy atom. The van der Waals surface area contributed by atoms with Crippen molar-refractivity contribution in [2.45, 2.75) is 19.1 Å². The number of esters is 1. The molecule has 1 unspecified atom stereocenters. The minimum Gasteiger partial charge on any atom is -0.467 e. The quantitative estimate of drug-likeness (QED) is 0.841. The molecule has 0 aliphatic rings. The Morgan fingerprint density at radius 2 is 2.35 bits per heavy atom. The van der Waals surface area contributed by atoms with Crippen molar-refractivity contribution < 1.29 is 14.6 Å². The summed E-state index contributed by atoms with van der Waals surface area (Å²) in [7, 11) is 3.12. The minimum atomic E-state index is -1.47. The molecule has 1 aromatic rings. The number of likely N-dealkylation sites (N-methyl/N-ethyl adjacent to an activating group) is 1. The minimum absolute atomic E-state index is 0.231. The number of aliphatic hydroxyl groups is 1. The largest absolute Gasteiger partial charge is 0.467 e. The molecule has 0 radical (unpaired) electrons. The second kappa shape index (κ2) is 5.95. The molecule has 1 atom stereocenters. The normalized spacial score (nSPS) is 14.7. The Bertz CT molecular complexity index is 392. The van der Waals surface area contributed by atoms with Crippen LogP contribution in [-0.2, 0) is 16.1 Å². The van der Waals surface area contributed by atoms with Crippen LogP contribution in [0.2, 0.25) is 0 Å². The fourth-order valence-electron chi connectivity index (χ4n) is 1.57. The molecule has 6 heteroatoms. The van der Waals surface area contributed by atoms with Crippen LogP contribution in [0.25, 0.3) is 0 Å². The van der Waals surface area contributed by atoms with Crippen molar-refractivity contribution in [1.29, 1.82) is 0 Å². The van der Waals surface area contributed by atoms with Crippen LogP contribution in [0, 0.1) is 0 Å². The summed E-state index contributed by atoms with van der Waals surface area (Å²) in [5, 5.41) is 11.9. The predicted octanol–water partition coefficient (Wildman–Crippen LogP) is 1.87. The summed E-state index contributed by atoms with van der Waals surface area (Å²) in [5.41, 5.74) is -1.47. The monoisotopic (exact) mass is 321 g/mol. The maximum atomic E-state index is 11.3. The fraction of sp³-hybridized carbons (Fsp3) is 0.545. The molecule has 4 nitrogen and oxygen atoms in total. The number of methoxy groups -OCH3 is 1. The van der Waals surface area contributed by atoms with E-state index >= 15 is 0 Å². The van der Waals surface area contributed by atoms with Crippen molar-refractivity contribution in [2.75, 3.05) is 20.7 Å². The standard InChI is InChI=1S/C11H16BrNO3S/c1-11(15,10(14)16-3)7-13(2)5-9-4-8(12)6-17-9/h4,6,15H,5,7H2,1-3H3. The zero-order valence-electron chi connectivity index (χ0n) is 10.1. The van der Waals surface area contributed by atoms with E-state index in [0.29, 0.717) is 6.54 Å². The molecule has 1 heterocycles. The number of carbonyl (C=O) groups excluding carboxylic acids is 1. The highest BCUT2D eigenvalue weighted by atomic mass is 79.9. The average Bonchev–Trinajstić information content (AvgIpc) is 2.61. The first-order chi connectivity index (χ1) is 7.85. The van der Waals surface area contributed by atoms with Crippen LogP contribution in [0.5, 0.6) is 0 Å². The Morgan fingerprint density at radius 1 is 1.71 bits per heavy atom. The number of carbonyl (C=O) groups is 1. The van der Waals surface area contributed by atoms with Crippen LogP contribution >= 0.6 is 27.3 Å². The molecule has 0 fully saturated rings. The lowest BCUT2D eigenvalue weighted by molar-refractivity contribution is -0.162. The lowest BCUT2D eigenvalue weighted by Gasteiger charge is -2.26. The maximum Gasteiger partial charge on any atom is 0.338 e. The van der Waals surface area contributed by atoms with E-state index in [-0.39, 0.29) is 6.54 Å². The lowest BCUT2D eigenvalue weighted by Crippen LogP contribution is -2.45. The van der Waals surface area contributed by atoms with Crippen molar-refractivity contribution in [3.8, 4) is 0 Å². The van der Waals surface area contributed by atoms with E-state index in [4.69, 9.17) is 0 Å². The van der Waals surface area contributed by atoms with E-state index in [9.17, 15) is 9.90 Å². The van der Waals surface area contributed by atoms with Gasteiger partial charge < -0.3 is 9.84 Å². The summed E-state index contributed by atoms with van der Waals surface area (Å²) in [4.78, 5) is 14.4. The smallest absolute Gasteiger partial charge is 0.338 e. The molecule has 0 saturated carbocycles. The lowest BCUT2D eigenvalue weighted by atomic mass is 10.1. The van der Waals surface area contributed by atoms with Crippen LogP contribution in [0.15, 0.2) is 15.9 Å². The number of rotatable bonds is 5. The number of hydrogen-bond donors (Lipinski definition) is 1. The second-order valence-electron chi connectivity index (χ2n) is 4.17.